The molecule has 20 heteroatoms. The molecule has 1 fully saturated rings. The summed E-state index contributed by atoms with van der Waals surface area (Å²) in [5.41, 5.74) is -1.99. The zero-order valence-electron chi connectivity index (χ0n) is 40.0. The largest absolute Gasteiger partial charge is 0.507 e. The summed E-state index contributed by atoms with van der Waals surface area (Å²) in [6.45, 7) is 16.0. The molecule has 4 aliphatic heterocycles. The van der Waals surface area contributed by atoms with Crippen LogP contribution in [0.5, 0.6) is 17.2 Å². The Hall–Kier alpha value is -4.65. The Morgan fingerprint density at radius 1 is 0.941 bits per heavy atom. The predicted octanol–water partition coefficient (Wildman–Crippen LogP) is 6.42. The maximum absolute atomic E-state index is 14.9. The van der Waals surface area contributed by atoms with Crippen molar-refractivity contribution in [2.45, 2.75) is 127 Å². The van der Waals surface area contributed by atoms with E-state index in [1.165, 1.54) is 72.0 Å². The molecular formula is C48H61Cl3N4O13. The lowest BCUT2D eigenvalue weighted by Crippen LogP contribution is -2.57. The number of fused-ring (bicyclic) bond motifs is 1. The van der Waals surface area contributed by atoms with Crippen molar-refractivity contribution in [1.82, 2.24) is 4.90 Å². The second kappa shape index (κ2) is 19.6. The third kappa shape index (κ3) is 9.88. The molecule has 0 radical (unpaired) electrons. The van der Waals surface area contributed by atoms with Crippen molar-refractivity contribution in [1.29, 1.82) is 0 Å². The van der Waals surface area contributed by atoms with Gasteiger partial charge in [-0.15, -0.1) is 0 Å². The number of alkyl halides is 3. The monoisotopic (exact) mass is 1010 g/mol. The van der Waals surface area contributed by atoms with Crippen LogP contribution in [0.1, 0.15) is 91.1 Å². The van der Waals surface area contributed by atoms with Crippen molar-refractivity contribution in [3.8, 4) is 17.2 Å². The van der Waals surface area contributed by atoms with E-state index in [1.807, 2.05) is 0 Å². The lowest BCUT2D eigenvalue weighted by Gasteiger charge is -2.44. The summed E-state index contributed by atoms with van der Waals surface area (Å²) < 4.78 is 27.7. The van der Waals surface area contributed by atoms with E-state index in [9.17, 15) is 39.6 Å². The van der Waals surface area contributed by atoms with Gasteiger partial charge in [-0.3, -0.25) is 19.4 Å². The van der Waals surface area contributed by atoms with Crippen molar-refractivity contribution in [3.63, 3.8) is 0 Å². The Labute approximate surface area is 409 Å². The fourth-order valence-corrected chi connectivity index (χ4v) is 9.34. The summed E-state index contributed by atoms with van der Waals surface area (Å²) in [5, 5.41) is 50.2. The van der Waals surface area contributed by atoms with Crippen LogP contribution in [-0.2, 0) is 28.5 Å². The molecule has 0 saturated carbocycles. The number of aliphatic hydroxyl groups is 2. The number of hydrogen-bond donors (Lipinski definition) is 5. The number of methoxy groups -OCH3 is 1. The zero-order chi connectivity index (χ0) is 50.6. The molecule has 4 bridgehead atoms. The van der Waals surface area contributed by atoms with Crippen molar-refractivity contribution in [2.75, 3.05) is 32.1 Å². The lowest BCUT2D eigenvalue weighted by atomic mass is 9.78. The predicted molar refractivity (Wildman–Crippen MR) is 254 cm³/mol. The minimum absolute atomic E-state index is 0.0310. The van der Waals surface area contributed by atoms with Crippen LogP contribution in [0.25, 0.3) is 10.8 Å². The van der Waals surface area contributed by atoms with Gasteiger partial charge in [0.25, 0.3) is 11.7 Å². The molecule has 17 nitrogen and oxygen atoms in total. The van der Waals surface area contributed by atoms with Crippen LogP contribution in [0.2, 0.25) is 0 Å². The molecule has 2 aromatic carbocycles. The molecule has 9 atom stereocenters. The van der Waals surface area contributed by atoms with Crippen LogP contribution in [0.15, 0.2) is 46.1 Å². The molecule has 2 amide bonds. The Bertz CT molecular complexity index is 2590. The highest BCUT2D eigenvalue weighted by atomic mass is 35.6. The van der Waals surface area contributed by atoms with Crippen molar-refractivity contribution in [2.24, 2.45) is 33.7 Å². The molecule has 68 heavy (non-hydrogen) atoms. The van der Waals surface area contributed by atoms with E-state index >= 15 is 0 Å². The van der Waals surface area contributed by atoms with Crippen LogP contribution in [0.4, 0.5) is 10.5 Å². The highest BCUT2D eigenvalue weighted by molar-refractivity contribution is 6.68. The highest BCUT2D eigenvalue weighted by Crippen LogP contribution is 2.51. The number of halogens is 3. The van der Waals surface area contributed by atoms with Gasteiger partial charge in [0.1, 0.15) is 28.3 Å². The topological polar surface area (TPSA) is 235 Å². The van der Waals surface area contributed by atoms with E-state index in [1.54, 1.807) is 39.8 Å². The van der Waals surface area contributed by atoms with Crippen LogP contribution < -0.4 is 20.8 Å². The summed E-state index contributed by atoms with van der Waals surface area (Å²) in [6, 6.07) is 0. The Morgan fingerprint density at radius 3 is 2.19 bits per heavy atom. The van der Waals surface area contributed by atoms with Gasteiger partial charge < -0.3 is 54.3 Å². The van der Waals surface area contributed by atoms with E-state index in [4.69, 9.17) is 63.5 Å². The van der Waals surface area contributed by atoms with Gasteiger partial charge in [-0.1, -0.05) is 80.7 Å². The summed E-state index contributed by atoms with van der Waals surface area (Å²) in [5.74, 6) is -7.79. The summed E-state index contributed by atoms with van der Waals surface area (Å²) >= 11 is 18.3. The van der Waals surface area contributed by atoms with Crippen LogP contribution in [-0.4, -0.2) is 121 Å². The number of piperidine rings is 1. The lowest BCUT2D eigenvalue weighted by molar-refractivity contribution is -0.160. The molecule has 6 rings (SSSR count). The number of likely N-dealkylation sites (tertiary alicyclic amines) is 1. The molecule has 1 spiro atoms. The first-order chi connectivity index (χ1) is 31.6. The number of phenols is 2. The van der Waals surface area contributed by atoms with Crippen LogP contribution in [0, 0.1) is 30.6 Å². The maximum Gasteiger partial charge on any atom is 0.410 e. The van der Waals surface area contributed by atoms with Crippen LogP contribution in [0.3, 0.4) is 0 Å². The summed E-state index contributed by atoms with van der Waals surface area (Å²) in [6.07, 6.45) is 3.41. The first-order valence-corrected chi connectivity index (χ1v) is 23.6. The minimum atomic E-state index is -2.05. The van der Waals surface area contributed by atoms with Crippen molar-refractivity contribution in [3.05, 3.63) is 58.0 Å². The number of ether oxygens (including phenoxy) is 5. The van der Waals surface area contributed by atoms with Gasteiger partial charge in [0.05, 0.1) is 53.3 Å². The second-order valence-electron chi connectivity index (χ2n) is 19.1. The third-order valence-corrected chi connectivity index (χ3v) is 15.2. The smallest absolute Gasteiger partial charge is 0.410 e. The maximum atomic E-state index is 14.9. The Balaban J connectivity index is 1.52. The fraction of sp³-hybridized carbons (Fsp3) is 0.583. The number of nitrogens with zero attached hydrogens (tertiary/aromatic N) is 3. The number of aromatic hydroxyl groups is 2. The van der Waals surface area contributed by atoms with E-state index < -0.39 is 104 Å². The van der Waals surface area contributed by atoms with E-state index in [-0.39, 0.29) is 69.3 Å². The minimum Gasteiger partial charge on any atom is -0.507 e. The number of hydrogen-bond acceptors (Lipinski definition) is 15. The first-order valence-electron chi connectivity index (χ1n) is 22.4. The molecule has 4 heterocycles. The molecular weight excluding hydrogens is 947 g/mol. The third-order valence-electron chi connectivity index (χ3n) is 13.9. The molecule has 2 aromatic rings. The molecule has 372 valence electrons. The van der Waals surface area contributed by atoms with E-state index in [0.29, 0.717) is 12.8 Å². The number of Topliss-reactive ketones (excluding diaryl/α,β-unsaturated/α-hetero) is 1. The molecule has 1 unspecified atom stereocenters. The van der Waals surface area contributed by atoms with Crippen LogP contribution >= 0.6 is 34.8 Å². The standard InChI is InChI=1S/C48H61Cl3N4O13/c1-22-13-12-14-23(2)43(62)53-35-34-33(54-47(21-52-34)16-18-55(19-17-47)44(63)68-45(8,9)48(49,50)51)30-31(39(35)60)38(59)27(6)41-32(30)42(61)46(10,67-41)65-20-15-29(64-11)24(3)40(66-28(7)56)26(5)37(58)25(4)36(22)57/h12-15,20,22,24-26,29,36-37,40,54,57-60H,16-19,21H2,1-11H3/b13-12+,20-15+,23-14-,53-35?/t22-,24?,25+,26+,29-,36-,37+,40+,46-/m0/s1. The average Bonchev–Trinajstić information content (AvgIpc) is 3.54. The van der Waals surface area contributed by atoms with Crippen molar-refractivity contribution < 1.29 is 63.3 Å². The summed E-state index contributed by atoms with van der Waals surface area (Å²) in [4.78, 5) is 65.3. The first kappa shape index (κ1) is 52.7. The van der Waals surface area contributed by atoms with Gasteiger partial charge in [0.15, 0.2) is 11.4 Å². The number of phenolic OH excluding ortho intramolecular Hbond substituents is 2. The number of aliphatic hydroxyl groups excluding tert-OH is 2. The number of ketones is 1. The SMILES string of the molecule is CO[C@H]1/C=C/O[C@@]2(C)Oc3c(C)c(O)c4c(O)c(c5c(c4c3C2=O)NC2(CCN(C(=O)OC(C)(C)C(Cl)(Cl)Cl)CC2)CN=5)=NC(=O)/C(C)=C\C=C\[C@H](C)[C@H](O)[C@@H](C)[C@@H](O)[C@@H](C)[C@H](OC(C)=O)C1C. The Morgan fingerprint density at radius 2 is 1.59 bits per heavy atom. The van der Waals surface area contributed by atoms with Crippen molar-refractivity contribution >= 4 is 75.0 Å². The fourth-order valence-electron chi connectivity index (χ4n) is 9.23. The summed E-state index contributed by atoms with van der Waals surface area (Å²) in [7, 11) is 1.44. The number of esters is 1. The van der Waals surface area contributed by atoms with E-state index in [2.05, 4.69) is 10.3 Å². The molecule has 1 saturated heterocycles. The van der Waals surface area contributed by atoms with Gasteiger partial charge in [-0.2, -0.15) is 0 Å². The van der Waals surface area contributed by atoms with Gasteiger partial charge in [-0.05, 0) is 46.6 Å². The quantitative estimate of drug-likeness (QED) is 0.127. The van der Waals surface area contributed by atoms with E-state index in [0.717, 1.165) is 0 Å². The molecule has 0 aromatic heterocycles. The van der Waals surface area contributed by atoms with Gasteiger partial charge in [0, 0.05) is 74.2 Å². The average molecular weight is 1010 g/mol. The normalized spacial score (nSPS) is 30.8. The number of amides is 2. The molecule has 0 aliphatic carbocycles. The number of benzene rings is 2. The Kier molecular flexibility index (Phi) is 15.2. The van der Waals surface area contributed by atoms with Gasteiger partial charge in [-0.25, -0.2) is 9.79 Å². The van der Waals surface area contributed by atoms with Gasteiger partial charge >= 0.3 is 17.8 Å². The number of carbonyl (C=O) groups is 4. The number of nitrogens with one attached hydrogen (secondary N) is 1. The number of rotatable bonds is 3. The molecule has 5 N–H and O–H groups in total. The number of anilines is 1. The van der Waals surface area contributed by atoms with Gasteiger partial charge in [0.2, 0.25) is 3.79 Å². The number of carbonyl (C=O) groups excluding carboxylic acids is 4. The molecule has 4 aliphatic rings. The second-order valence-corrected chi connectivity index (χ2v) is 21.4. The number of allylic oxidation sites excluding steroid dienone is 2. The zero-order valence-corrected chi connectivity index (χ0v) is 42.2. The highest BCUT2D eigenvalue weighted by Gasteiger charge is 2.51.